The van der Waals surface area contributed by atoms with Gasteiger partial charge in [0.15, 0.2) is 4.96 Å². The molecule has 2 amide bonds. The lowest BCUT2D eigenvalue weighted by atomic mass is 10.1. The average molecular weight is 296 g/mol. The molecule has 0 saturated carbocycles. The largest absolute Gasteiger partial charge is 0.480 e. The van der Waals surface area contributed by atoms with E-state index in [1.54, 1.807) is 13.8 Å². The van der Waals surface area contributed by atoms with Crippen LogP contribution in [0.2, 0.25) is 0 Å². The zero-order valence-electron chi connectivity index (χ0n) is 11.2. The van der Waals surface area contributed by atoms with Gasteiger partial charge in [-0.2, -0.15) is 0 Å². The first-order valence-electron chi connectivity index (χ1n) is 6.15. The first-order chi connectivity index (χ1) is 9.47. The van der Waals surface area contributed by atoms with E-state index in [0.717, 1.165) is 10.7 Å². The van der Waals surface area contributed by atoms with Crippen LogP contribution in [0.3, 0.4) is 0 Å². The highest BCUT2D eigenvalue weighted by Crippen LogP contribution is 2.11. The van der Waals surface area contributed by atoms with E-state index in [0.29, 0.717) is 0 Å². The van der Waals surface area contributed by atoms with Gasteiger partial charge in [0.25, 0.3) is 0 Å². The molecule has 0 aliphatic heterocycles. The number of rotatable bonds is 5. The Morgan fingerprint density at radius 2 is 2.25 bits per heavy atom. The highest BCUT2D eigenvalue weighted by Gasteiger charge is 2.23. The maximum absolute atomic E-state index is 11.7. The van der Waals surface area contributed by atoms with Crippen molar-refractivity contribution in [3.05, 3.63) is 23.5 Å². The first-order valence-corrected chi connectivity index (χ1v) is 7.03. The van der Waals surface area contributed by atoms with Gasteiger partial charge >= 0.3 is 12.0 Å². The summed E-state index contributed by atoms with van der Waals surface area (Å²) >= 11 is 1.51. The van der Waals surface area contributed by atoms with Gasteiger partial charge in [-0.15, -0.1) is 11.3 Å². The number of carboxylic acid groups (broad SMARTS) is 1. The van der Waals surface area contributed by atoms with Crippen LogP contribution in [0.15, 0.2) is 17.8 Å². The van der Waals surface area contributed by atoms with Crippen LogP contribution in [-0.2, 0) is 11.3 Å². The zero-order valence-corrected chi connectivity index (χ0v) is 12.0. The van der Waals surface area contributed by atoms with E-state index >= 15 is 0 Å². The molecule has 0 radical (unpaired) electrons. The molecule has 0 fully saturated rings. The molecule has 8 heteroatoms. The second kappa shape index (κ2) is 5.91. The summed E-state index contributed by atoms with van der Waals surface area (Å²) in [5, 5.41) is 15.9. The number of nitrogens with one attached hydrogen (secondary N) is 2. The third-order valence-corrected chi connectivity index (χ3v) is 3.56. The Balaban J connectivity index is 1.88. The Labute approximate surface area is 119 Å². The van der Waals surface area contributed by atoms with Gasteiger partial charge in [-0.1, -0.05) is 13.8 Å². The van der Waals surface area contributed by atoms with E-state index in [4.69, 9.17) is 5.11 Å². The third kappa shape index (κ3) is 3.27. The molecule has 7 nitrogen and oxygen atoms in total. The van der Waals surface area contributed by atoms with Gasteiger partial charge in [0, 0.05) is 17.8 Å². The second-order valence-corrected chi connectivity index (χ2v) is 5.59. The highest BCUT2D eigenvalue weighted by molar-refractivity contribution is 7.15. The zero-order chi connectivity index (χ0) is 14.7. The summed E-state index contributed by atoms with van der Waals surface area (Å²) in [6.07, 6.45) is 3.71. The van der Waals surface area contributed by atoms with Crippen LogP contribution in [0.1, 0.15) is 19.5 Å². The lowest BCUT2D eigenvalue weighted by molar-refractivity contribution is -0.140. The van der Waals surface area contributed by atoms with Crippen LogP contribution < -0.4 is 10.6 Å². The number of aliphatic carboxylic acids is 1. The number of amides is 2. The fraction of sp³-hybridized carbons (Fsp3) is 0.417. The van der Waals surface area contributed by atoms with Gasteiger partial charge in [-0.05, 0) is 5.92 Å². The van der Waals surface area contributed by atoms with Gasteiger partial charge in [-0.3, -0.25) is 4.40 Å². The van der Waals surface area contributed by atoms with Crippen molar-refractivity contribution in [1.29, 1.82) is 0 Å². The number of carboxylic acids is 1. The summed E-state index contributed by atoms with van der Waals surface area (Å²) in [6.45, 7) is 3.73. The highest BCUT2D eigenvalue weighted by atomic mass is 32.1. The molecule has 2 rings (SSSR count). The van der Waals surface area contributed by atoms with Crippen LogP contribution in [0.25, 0.3) is 4.96 Å². The Bertz CT molecular complexity index is 591. The molecule has 1 atom stereocenters. The van der Waals surface area contributed by atoms with Gasteiger partial charge in [0.05, 0.1) is 12.2 Å². The van der Waals surface area contributed by atoms with Crippen molar-refractivity contribution in [2.75, 3.05) is 0 Å². The number of hydrogen-bond acceptors (Lipinski definition) is 4. The molecule has 0 spiro atoms. The number of urea groups is 1. The minimum absolute atomic E-state index is 0.184. The minimum Gasteiger partial charge on any atom is -0.480 e. The predicted octanol–water partition coefficient (Wildman–Crippen LogP) is 1.30. The van der Waals surface area contributed by atoms with E-state index < -0.39 is 18.0 Å². The quantitative estimate of drug-likeness (QED) is 0.775. The van der Waals surface area contributed by atoms with E-state index in [2.05, 4.69) is 15.6 Å². The lowest BCUT2D eigenvalue weighted by Gasteiger charge is -2.17. The monoisotopic (exact) mass is 296 g/mol. The van der Waals surface area contributed by atoms with Crippen LogP contribution in [0.5, 0.6) is 0 Å². The molecule has 20 heavy (non-hydrogen) atoms. The number of aromatic nitrogens is 2. The molecule has 1 unspecified atom stereocenters. The summed E-state index contributed by atoms with van der Waals surface area (Å²) in [7, 11) is 0. The molecule has 108 valence electrons. The Hall–Kier alpha value is -2.09. The number of nitrogens with zero attached hydrogens (tertiary/aromatic N) is 2. The van der Waals surface area contributed by atoms with Crippen molar-refractivity contribution < 1.29 is 14.7 Å². The van der Waals surface area contributed by atoms with Gasteiger partial charge in [0.1, 0.15) is 6.04 Å². The van der Waals surface area contributed by atoms with Crippen molar-refractivity contribution in [2.24, 2.45) is 5.92 Å². The van der Waals surface area contributed by atoms with Crippen molar-refractivity contribution in [1.82, 2.24) is 20.0 Å². The van der Waals surface area contributed by atoms with Crippen molar-refractivity contribution in [2.45, 2.75) is 26.4 Å². The molecule has 0 aliphatic rings. The van der Waals surface area contributed by atoms with Gasteiger partial charge in [0.2, 0.25) is 0 Å². The summed E-state index contributed by atoms with van der Waals surface area (Å²) in [5.41, 5.74) is 0.725. The van der Waals surface area contributed by atoms with Crippen LogP contribution in [0.4, 0.5) is 4.79 Å². The number of carbonyl (C=O) groups excluding carboxylic acids is 1. The SMILES string of the molecule is CC(C)C(NC(=O)NCc1cn2ccsc2n1)C(=O)O. The topological polar surface area (TPSA) is 95.7 Å². The molecule has 0 saturated heterocycles. The summed E-state index contributed by atoms with van der Waals surface area (Å²) < 4.78 is 1.87. The number of fused-ring (bicyclic) bond motifs is 1. The smallest absolute Gasteiger partial charge is 0.326 e. The van der Waals surface area contributed by atoms with Crippen molar-refractivity contribution in [3.8, 4) is 0 Å². The van der Waals surface area contributed by atoms with E-state index in [1.165, 1.54) is 11.3 Å². The Morgan fingerprint density at radius 1 is 1.50 bits per heavy atom. The molecule has 0 aromatic carbocycles. The standard InChI is InChI=1S/C12H16N4O3S/c1-7(2)9(10(17)18)15-11(19)13-5-8-6-16-3-4-20-12(16)14-8/h3-4,6-7,9H,5H2,1-2H3,(H,17,18)(H2,13,15,19). The summed E-state index contributed by atoms with van der Waals surface area (Å²) in [4.78, 5) is 27.8. The lowest BCUT2D eigenvalue weighted by Crippen LogP contribution is -2.48. The predicted molar refractivity (Wildman–Crippen MR) is 74.7 cm³/mol. The Kier molecular flexibility index (Phi) is 4.23. The molecular weight excluding hydrogens is 280 g/mol. The maximum Gasteiger partial charge on any atom is 0.326 e. The fourth-order valence-corrected chi connectivity index (χ4v) is 2.46. The van der Waals surface area contributed by atoms with Gasteiger partial charge < -0.3 is 15.7 Å². The first kappa shape index (κ1) is 14.3. The molecule has 2 aromatic rings. The maximum atomic E-state index is 11.7. The van der Waals surface area contributed by atoms with Crippen molar-refractivity contribution in [3.63, 3.8) is 0 Å². The van der Waals surface area contributed by atoms with E-state index in [-0.39, 0.29) is 12.5 Å². The van der Waals surface area contributed by atoms with Crippen LogP contribution >= 0.6 is 11.3 Å². The summed E-state index contributed by atoms with van der Waals surface area (Å²) in [5.74, 6) is -1.23. The molecule has 3 N–H and O–H groups in total. The normalized spacial score (nSPS) is 12.6. The molecule has 2 aromatic heterocycles. The number of hydrogen-bond donors (Lipinski definition) is 3. The minimum atomic E-state index is -1.04. The fourth-order valence-electron chi connectivity index (χ4n) is 1.74. The van der Waals surface area contributed by atoms with Crippen LogP contribution in [0, 0.1) is 5.92 Å². The molecule has 0 aliphatic carbocycles. The van der Waals surface area contributed by atoms with Gasteiger partial charge in [-0.25, -0.2) is 14.6 Å². The summed E-state index contributed by atoms with van der Waals surface area (Å²) in [6, 6.07) is -1.41. The van der Waals surface area contributed by atoms with E-state index in [1.807, 2.05) is 22.2 Å². The molecule has 0 bridgehead atoms. The number of carbonyl (C=O) groups is 2. The number of thiazole rings is 1. The van der Waals surface area contributed by atoms with Crippen molar-refractivity contribution >= 4 is 28.3 Å². The van der Waals surface area contributed by atoms with Crippen LogP contribution in [-0.4, -0.2) is 32.5 Å². The molecule has 2 heterocycles. The molecular formula is C12H16N4O3S. The second-order valence-electron chi connectivity index (χ2n) is 4.71. The third-order valence-electron chi connectivity index (χ3n) is 2.79. The number of imidazole rings is 1. The Morgan fingerprint density at radius 3 is 2.85 bits per heavy atom. The average Bonchev–Trinajstić information content (AvgIpc) is 2.93. The van der Waals surface area contributed by atoms with E-state index in [9.17, 15) is 9.59 Å².